The van der Waals surface area contributed by atoms with Crippen LogP contribution in [-0.4, -0.2) is 9.97 Å². The van der Waals surface area contributed by atoms with Crippen molar-refractivity contribution >= 4 is 0 Å². The molecule has 66 valence electrons. The second-order valence-corrected chi connectivity index (χ2v) is 3.45. The normalized spacial score (nSPS) is 10.6. The lowest BCUT2D eigenvalue weighted by molar-refractivity contribution is 0.549. The highest BCUT2D eigenvalue weighted by Crippen LogP contribution is 2.06. The van der Waals surface area contributed by atoms with Crippen molar-refractivity contribution in [3.05, 3.63) is 24.3 Å². The first kappa shape index (κ1) is 9.17. The molecule has 0 aromatic carbocycles. The monoisotopic (exact) mass is 164 g/mol. The predicted octanol–water partition coefficient (Wildman–Crippen LogP) is 2.46. The van der Waals surface area contributed by atoms with Gasteiger partial charge in [0, 0.05) is 18.8 Å². The summed E-state index contributed by atoms with van der Waals surface area (Å²) in [5.41, 5.74) is 0. The summed E-state index contributed by atoms with van der Waals surface area (Å²) in [7, 11) is 0. The zero-order valence-corrected chi connectivity index (χ0v) is 7.83. The third-order valence-electron chi connectivity index (χ3n) is 1.80. The van der Waals surface area contributed by atoms with E-state index >= 15 is 0 Å². The van der Waals surface area contributed by atoms with Crippen LogP contribution in [0.1, 0.15) is 32.5 Å². The molecule has 1 aromatic rings. The van der Waals surface area contributed by atoms with Gasteiger partial charge in [0.25, 0.3) is 0 Å². The Kier molecular flexibility index (Phi) is 3.71. The van der Waals surface area contributed by atoms with Gasteiger partial charge in [0.1, 0.15) is 5.82 Å². The van der Waals surface area contributed by atoms with Gasteiger partial charge in [-0.05, 0) is 18.4 Å². The van der Waals surface area contributed by atoms with Gasteiger partial charge in [-0.25, -0.2) is 9.97 Å². The first-order valence-electron chi connectivity index (χ1n) is 4.55. The Hall–Kier alpha value is -0.920. The molecule has 0 fully saturated rings. The maximum atomic E-state index is 4.16. The SMILES string of the molecule is CC(C)CCCc1ncccn1. The zero-order chi connectivity index (χ0) is 8.81. The van der Waals surface area contributed by atoms with Gasteiger partial charge in [0.15, 0.2) is 0 Å². The van der Waals surface area contributed by atoms with E-state index in [0.29, 0.717) is 0 Å². The van der Waals surface area contributed by atoms with Crippen molar-refractivity contribution in [2.45, 2.75) is 33.1 Å². The molecule has 1 rings (SSSR count). The number of aromatic nitrogens is 2. The van der Waals surface area contributed by atoms with Crippen molar-refractivity contribution in [2.24, 2.45) is 5.92 Å². The van der Waals surface area contributed by atoms with E-state index in [9.17, 15) is 0 Å². The Morgan fingerprint density at radius 1 is 1.25 bits per heavy atom. The van der Waals surface area contributed by atoms with Gasteiger partial charge < -0.3 is 0 Å². The third-order valence-corrected chi connectivity index (χ3v) is 1.80. The van der Waals surface area contributed by atoms with Crippen LogP contribution in [0.5, 0.6) is 0 Å². The average Bonchev–Trinajstić information content (AvgIpc) is 2.05. The average molecular weight is 164 g/mol. The molecule has 0 bridgehead atoms. The van der Waals surface area contributed by atoms with Crippen molar-refractivity contribution < 1.29 is 0 Å². The number of hydrogen-bond donors (Lipinski definition) is 0. The van der Waals surface area contributed by atoms with E-state index < -0.39 is 0 Å². The van der Waals surface area contributed by atoms with Crippen molar-refractivity contribution in [2.75, 3.05) is 0 Å². The molecule has 1 heterocycles. The molecular weight excluding hydrogens is 148 g/mol. The van der Waals surface area contributed by atoms with Crippen molar-refractivity contribution in [1.29, 1.82) is 0 Å². The summed E-state index contributed by atoms with van der Waals surface area (Å²) < 4.78 is 0. The topological polar surface area (TPSA) is 25.8 Å². The smallest absolute Gasteiger partial charge is 0.128 e. The van der Waals surface area contributed by atoms with E-state index in [1.807, 2.05) is 6.07 Å². The molecule has 0 saturated carbocycles. The molecule has 12 heavy (non-hydrogen) atoms. The van der Waals surface area contributed by atoms with Gasteiger partial charge in [-0.1, -0.05) is 20.3 Å². The minimum atomic E-state index is 0.786. The third kappa shape index (κ3) is 3.46. The lowest BCUT2D eigenvalue weighted by atomic mass is 10.1. The molecular formula is C10H16N2. The Balaban J connectivity index is 2.25. The van der Waals surface area contributed by atoms with Gasteiger partial charge >= 0.3 is 0 Å². The molecule has 0 aliphatic heterocycles. The summed E-state index contributed by atoms with van der Waals surface area (Å²) in [6, 6.07) is 1.85. The molecule has 2 nitrogen and oxygen atoms in total. The minimum absolute atomic E-state index is 0.786. The van der Waals surface area contributed by atoms with Gasteiger partial charge in [-0.3, -0.25) is 0 Å². The molecule has 0 aliphatic carbocycles. The lowest BCUT2D eigenvalue weighted by Crippen LogP contribution is -1.95. The number of aryl methyl sites for hydroxylation is 1. The van der Waals surface area contributed by atoms with E-state index in [-0.39, 0.29) is 0 Å². The fourth-order valence-electron chi connectivity index (χ4n) is 1.13. The lowest BCUT2D eigenvalue weighted by Gasteiger charge is -2.02. The van der Waals surface area contributed by atoms with E-state index in [0.717, 1.165) is 18.2 Å². The molecule has 0 saturated heterocycles. The van der Waals surface area contributed by atoms with Gasteiger partial charge in [-0.2, -0.15) is 0 Å². The van der Waals surface area contributed by atoms with Crippen molar-refractivity contribution in [3.63, 3.8) is 0 Å². The molecule has 2 heteroatoms. The fourth-order valence-corrected chi connectivity index (χ4v) is 1.13. The maximum absolute atomic E-state index is 4.16. The first-order chi connectivity index (χ1) is 5.79. The second-order valence-electron chi connectivity index (χ2n) is 3.45. The first-order valence-corrected chi connectivity index (χ1v) is 4.55. The van der Waals surface area contributed by atoms with Crippen molar-refractivity contribution in [1.82, 2.24) is 9.97 Å². The number of rotatable bonds is 4. The summed E-state index contributed by atoms with van der Waals surface area (Å²) in [5, 5.41) is 0. The van der Waals surface area contributed by atoms with Crippen LogP contribution in [0.15, 0.2) is 18.5 Å². The highest BCUT2D eigenvalue weighted by molar-refractivity contribution is 4.88. The Morgan fingerprint density at radius 2 is 1.92 bits per heavy atom. The molecule has 0 unspecified atom stereocenters. The van der Waals surface area contributed by atoms with Gasteiger partial charge in [0.05, 0.1) is 0 Å². The molecule has 0 atom stereocenters. The maximum Gasteiger partial charge on any atom is 0.128 e. The van der Waals surface area contributed by atoms with Crippen LogP contribution in [0.2, 0.25) is 0 Å². The fraction of sp³-hybridized carbons (Fsp3) is 0.600. The molecule has 0 aliphatic rings. The molecule has 0 spiro atoms. The van der Waals surface area contributed by atoms with Crippen LogP contribution < -0.4 is 0 Å². The van der Waals surface area contributed by atoms with E-state index in [1.54, 1.807) is 12.4 Å². The van der Waals surface area contributed by atoms with Crippen LogP contribution in [0.4, 0.5) is 0 Å². The van der Waals surface area contributed by atoms with Crippen LogP contribution >= 0.6 is 0 Å². The van der Waals surface area contributed by atoms with Gasteiger partial charge in [-0.15, -0.1) is 0 Å². The standard InChI is InChI=1S/C10H16N2/c1-9(2)5-3-6-10-11-7-4-8-12-10/h4,7-9H,3,5-6H2,1-2H3. The van der Waals surface area contributed by atoms with E-state index in [1.165, 1.54) is 12.8 Å². The van der Waals surface area contributed by atoms with Crippen LogP contribution in [0.25, 0.3) is 0 Å². The zero-order valence-electron chi connectivity index (χ0n) is 7.83. The van der Waals surface area contributed by atoms with Crippen LogP contribution in [0, 0.1) is 5.92 Å². The summed E-state index contributed by atoms with van der Waals surface area (Å²) in [4.78, 5) is 8.33. The minimum Gasteiger partial charge on any atom is -0.241 e. The van der Waals surface area contributed by atoms with Crippen LogP contribution in [-0.2, 0) is 6.42 Å². The molecule has 1 aromatic heterocycles. The van der Waals surface area contributed by atoms with Crippen molar-refractivity contribution in [3.8, 4) is 0 Å². The highest BCUT2D eigenvalue weighted by Gasteiger charge is 1.96. The summed E-state index contributed by atoms with van der Waals surface area (Å²) in [5.74, 6) is 1.76. The second kappa shape index (κ2) is 4.86. The summed E-state index contributed by atoms with van der Waals surface area (Å²) >= 11 is 0. The predicted molar refractivity (Wildman–Crippen MR) is 49.8 cm³/mol. The quantitative estimate of drug-likeness (QED) is 0.683. The van der Waals surface area contributed by atoms with Gasteiger partial charge in [0.2, 0.25) is 0 Å². The summed E-state index contributed by atoms with van der Waals surface area (Å²) in [6.45, 7) is 4.48. The Labute approximate surface area is 74.1 Å². The Morgan fingerprint density at radius 3 is 2.50 bits per heavy atom. The van der Waals surface area contributed by atoms with E-state index in [2.05, 4.69) is 23.8 Å². The molecule has 0 amide bonds. The largest absolute Gasteiger partial charge is 0.241 e. The van der Waals surface area contributed by atoms with E-state index in [4.69, 9.17) is 0 Å². The highest BCUT2D eigenvalue weighted by atomic mass is 14.8. The molecule has 0 radical (unpaired) electrons. The summed E-state index contributed by atoms with van der Waals surface area (Å²) in [6.07, 6.45) is 7.08. The van der Waals surface area contributed by atoms with Crippen LogP contribution in [0.3, 0.4) is 0 Å². The Bertz CT molecular complexity index is 206. The number of nitrogens with zero attached hydrogens (tertiary/aromatic N) is 2. The molecule has 0 N–H and O–H groups in total. The number of hydrogen-bond acceptors (Lipinski definition) is 2.